The lowest BCUT2D eigenvalue weighted by atomic mass is 9.86. The lowest BCUT2D eigenvalue weighted by molar-refractivity contribution is 0.0714. The van der Waals surface area contributed by atoms with Crippen molar-refractivity contribution < 1.29 is 4.74 Å². The van der Waals surface area contributed by atoms with Crippen LogP contribution in [-0.4, -0.2) is 43.8 Å². The van der Waals surface area contributed by atoms with Gasteiger partial charge in [0.15, 0.2) is 0 Å². The van der Waals surface area contributed by atoms with Gasteiger partial charge < -0.3 is 10.5 Å². The smallest absolute Gasteiger partial charge is 0.0663 e. The van der Waals surface area contributed by atoms with Gasteiger partial charge in [0.2, 0.25) is 0 Å². The summed E-state index contributed by atoms with van der Waals surface area (Å²) in [5, 5.41) is 0. The summed E-state index contributed by atoms with van der Waals surface area (Å²) in [5.74, 6) is 2.99. The summed E-state index contributed by atoms with van der Waals surface area (Å²) in [6, 6.07) is 0. The van der Waals surface area contributed by atoms with Crippen LogP contribution in [0.1, 0.15) is 32.1 Å². The number of rotatable bonds is 4. The standard InChI is InChI=1S/C14H26N2O/c1-16(14(9-15)4-5-17-10-14)8-13-7-11-2-3-12(13)6-11/h11-13H,2-10,15H2,1H3. The fourth-order valence-electron chi connectivity index (χ4n) is 4.36. The molecule has 4 unspecified atom stereocenters. The zero-order valence-electron chi connectivity index (χ0n) is 11.0. The second-order valence-electron chi connectivity index (χ2n) is 6.55. The van der Waals surface area contributed by atoms with Gasteiger partial charge in [-0.3, -0.25) is 4.90 Å². The third-order valence-corrected chi connectivity index (χ3v) is 5.67. The van der Waals surface area contributed by atoms with E-state index in [9.17, 15) is 0 Å². The van der Waals surface area contributed by atoms with Crippen LogP contribution in [0.4, 0.5) is 0 Å². The minimum Gasteiger partial charge on any atom is -0.379 e. The van der Waals surface area contributed by atoms with E-state index in [1.807, 2.05) is 0 Å². The Labute approximate surface area is 105 Å². The summed E-state index contributed by atoms with van der Waals surface area (Å²) < 4.78 is 5.58. The summed E-state index contributed by atoms with van der Waals surface area (Å²) in [4.78, 5) is 2.52. The van der Waals surface area contributed by atoms with Gasteiger partial charge >= 0.3 is 0 Å². The Kier molecular flexibility index (Phi) is 3.18. The molecule has 2 aliphatic carbocycles. The number of likely N-dealkylation sites (N-methyl/N-ethyl adjacent to an activating group) is 1. The molecule has 1 heterocycles. The maximum atomic E-state index is 6.00. The quantitative estimate of drug-likeness (QED) is 0.806. The zero-order chi connectivity index (χ0) is 11.9. The molecule has 0 amide bonds. The van der Waals surface area contributed by atoms with Crippen molar-refractivity contribution in [3.63, 3.8) is 0 Å². The number of nitrogens with two attached hydrogens (primary N) is 1. The second-order valence-corrected chi connectivity index (χ2v) is 6.55. The van der Waals surface area contributed by atoms with Crippen LogP contribution in [0.5, 0.6) is 0 Å². The highest BCUT2D eigenvalue weighted by Gasteiger charge is 2.43. The highest BCUT2D eigenvalue weighted by molar-refractivity contribution is 4.97. The van der Waals surface area contributed by atoms with E-state index < -0.39 is 0 Å². The van der Waals surface area contributed by atoms with Crippen LogP contribution in [-0.2, 0) is 4.74 Å². The first-order valence-electron chi connectivity index (χ1n) is 7.22. The molecule has 0 radical (unpaired) electrons. The number of hydrogen-bond acceptors (Lipinski definition) is 3. The van der Waals surface area contributed by atoms with E-state index in [0.29, 0.717) is 0 Å². The molecule has 3 rings (SSSR count). The van der Waals surface area contributed by atoms with Crippen LogP contribution < -0.4 is 5.73 Å². The van der Waals surface area contributed by atoms with Crippen molar-refractivity contribution in [2.24, 2.45) is 23.5 Å². The monoisotopic (exact) mass is 238 g/mol. The molecule has 4 atom stereocenters. The zero-order valence-corrected chi connectivity index (χ0v) is 11.0. The van der Waals surface area contributed by atoms with Crippen molar-refractivity contribution in [2.45, 2.75) is 37.6 Å². The Morgan fingerprint density at radius 1 is 1.35 bits per heavy atom. The number of hydrogen-bond donors (Lipinski definition) is 1. The van der Waals surface area contributed by atoms with Crippen molar-refractivity contribution in [3.05, 3.63) is 0 Å². The molecule has 0 aromatic heterocycles. The largest absolute Gasteiger partial charge is 0.379 e. The number of ether oxygens (including phenoxy) is 1. The van der Waals surface area contributed by atoms with Crippen molar-refractivity contribution in [1.29, 1.82) is 0 Å². The molecule has 1 aliphatic heterocycles. The van der Waals surface area contributed by atoms with E-state index in [1.54, 1.807) is 0 Å². The molecule has 3 fully saturated rings. The van der Waals surface area contributed by atoms with Crippen LogP contribution in [0.2, 0.25) is 0 Å². The van der Waals surface area contributed by atoms with Gasteiger partial charge in [0.1, 0.15) is 0 Å². The third kappa shape index (κ3) is 2.02. The normalized spacial score (nSPS) is 45.0. The van der Waals surface area contributed by atoms with Crippen molar-refractivity contribution in [2.75, 3.05) is 33.4 Å². The Hall–Kier alpha value is -0.120. The Bertz CT molecular complexity index is 275. The Balaban J connectivity index is 1.61. The average Bonchev–Trinajstić information content (AvgIpc) is 3.05. The van der Waals surface area contributed by atoms with Crippen molar-refractivity contribution in [1.82, 2.24) is 4.90 Å². The summed E-state index contributed by atoms with van der Waals surface area (Å²) in [7, 11) is 2.26. The molecule has 1 saturated heterocycles. The van der Waals surface area contributed by atoms with E-state index in [0.717, 1.165) is 43.9 Å². The number of nitrogens with zero attached hydrogens (tertiary/aromatic N) is 1. The Morgan fingerprint density at radius 3 is 2.76 bits per heavy atom. The van der Waals surface area contributed by atoms with Gasteiger partial charge in [0, 0.05) is 19.7 Å². The van der Waals surface area contributed by atoms with Crippen molar-refractivity contribution in [3.8, 4) is 0 Å². The van der Waals surface area contributed by atoms with Gasteiger partial charge in [-0.05, 0) is 50.5 Å². The molecule has 3 heteroatoms. The van der Waals surface area contributed by atoms with Crippen LogP contribution >= 0.6 is 0 Å². The van der Waals surface area contributed by atoms with E-state index in [4.69, 9.17) is 10.5 Å². The third-order valence-electron chi connectivity index (χ3n) is 5.67. The van der Waals surface area contributed by atoms with Gasteiger partial charge in [-0.25, -0.2) is 0 Å². The molecule has 2 saturated carbocycles. The molecule has 17 heavy (non-hydrogen) atoms. The summed E-state index contributed by atoms with van der Waals surface area (Å²) in [6.45, 7) is 3.70. The first-order chi connectivity index (χ1) is 8.23. The lowest BCUT2D eigenvalue weighted by Gasteiger charge is -2.39. The highest BCUT2D eigenvalue weighted by Crippen LogP contribution is 2.48. The fraction of sp³-hybridized carbons (Fsp3) is 1.00. The SMILES string of the molecule is CN(CC1CC2CCC1C2)C1(CN)CCOC1. The van der Waals surface area contributed by atoms with Gasteiger partial charge in [-0.2, -0.15) is 0 Å². The molecule has 0 aromatic rings. The lowest BCUT2D eigenvalue weighted by Crippen LogP contribution is -2.54. The van der Waals surface area contributed by atoms with Gasteiger partial charge in [0.05, 0.1) is 12.1 Å². The predicted octanol–water partition coefficient (Wildman–Crippen LogP) is 1.47. The maximum absolute atomic E-state index is 6.00. The fourth-order valence-corrected chi connectivity index (χ4v) is 4.36. The molecule has 3 aliphatic rings. The first-order valence-corrected chi connectivity index (χ1v) is 7.22. The first kappa shape index (κ1) is 11.9. The van der Waals surface area contributed by atoms with Crippen LogP contribution in [0.25, 0.3) is 0 Å². The van der Waals surface area contributed by atoms with Gasteiger partial charge in [0.25, 0.3) is 0 Å². The summed E-state index contributed by atoms with van der Waals surface area (Å²) in [6.07, 6.45) is 7.06. The van der Waals surface area contributed by atoms with E-state index in [2.05, 4.69) is 11.9 Å². The van der Waals surface area contributed by atoms with E-state index in [-0.39, 0.29) is 5.54 Å². The molecular weight excluding hydrogens is 212 g/mol. The van der Waals surface area contributed by atoms with Crippen LogP contribution in [0.3, 0.4) is 0 Å². The van der Waals surface area contributed by atoms with Gasteiger partial charge in [-0.1, -0.05) is 6.42 Å². The van der Waals surface area contributed by atoms with E-state index in [1.165, 1.54) is 32.2 Å². The van der Waals surface area contributed by atoms with Crippen LogP contribution in [0, 0.1) is 17.8 Å². The van der Waals surface area contributed by atoms with Crippen molar-refractivity contribution >= 4 is 0 Å². The van der Waals surface area contributed by atoms with Crippen LogP contribution in [0.15, 0.2) is 0 Å². The van der Waals surface area contributed by atoms with E-state index >= 15 is 0 Å². The molecular formula is C14H26N2O. The minimum absolute atomic E-state index is 0.141. The minimum atomic E-state index is 0.141. The molecule has 98 valence electrons. The Morgan fingerprint density at radius 2 is 2.24 bits per heavy atom. The molecule has 2 bridgehead atoms. The molecule has 2 N–H and O–H groups in total. The second kappa shape index (κ2) is 4.52. The molecule has 3 nitrogen and oxygen atoms in total. The molecule has 0 spiro atoms. The highest BCUT2D eigenvalue weighted by atomic mass is 16.5. The average molecular weight is 238 g/mol. The topological polar surface area (TPSA) is 38.5 Å². The van der Waals surface area contributed by atoms with Gasteiger partial charge in [-0.15, -0.1) is 0 Å². The number of fused-ring (bicyclic) bond motifs is 2. The maximum Gasteiger partial charge on any atom is 0.0663 e. The molecule has 0 aromatic carbocycles. The summed E-state index contributed by atoms with van der Waals surface area (Å²) in [5.41, 5.74) is 6.14. The predicted molar refractivity (Wildman–Crippen MR) is 68.8 cm³/mol. The summed E-state index contributed by atoms with van der Waals surface area (Å²) >= 11 is 0.